The number of nitrogen functional groups attached to an aromatic ring is 1. The van der Waals surface area contributed by atoms with Crippen LogP contribution in [0.5, 0.6) is 0 Å². The number of anilines is 1. The number of sulfonamides is 1. The molecule has 0 radical (unpaired) electrons. The van der Waals surface area contributed by atoms with Crippen LogP contribution in [0.2, 0.25) is 0 Å². The number of nitrogens with one attached hydrogen (secondary N) is 1. The summed E-state index contributed by atoms with van der Waals surface area (Å²) < 4.78 is 26.4. The zero-order valence-corrected chi connectivity index (χ0v) is 10.4. The summed E-state index contributed by atoms with van der Waals surface area (Å²) in [5, 5.41) is 0. The Bertz CT molecular complexity index is 627. The van der Waals surface area contributed by atoms with Gasteiger partial charge in [-0.15, -0.1) is 0 Å². The first-order valence-electron chi connectivity index (χ1n) is 5.32. The van der Waals surface area contributed by atoms with Crippen molar-refractivity contribution in [3.05, 3.63) is 54.4 Å². The molecule has 0 aliphatic rings. The fourth-order valence-electron chi connectivity index (χ4n) is 1.44. The zero-order chi connectivity index (χ0) is 13.0. The first-order chi connectivity index (χ1) is 8.58. The van der Waals surface area contributed by atoms with Crippen LogP contribution in [0.4, 0.5) is 5.69 Å². The van der Waals surface area contributed by atoms with Crippen LogP contribution < -0.4 is 10.5 Å². The van der Waals surface area contributed by atoms with E-state index < -0.39 is 10.0 Å². The minimum absolute atomic E-state index is 0.0680. The number of benzene rings is 1. The maximum absolute atomic E-state index is 12.0. The SMILES string of the molecule is Nc1cncc(S(=O)(=O)NCc2ccccc2)c1. The molecule has 0 bridgehead atoms. The Labute approximate surface area is 106 Å². The fraction of sp³-hybridized carbons (Fsp3) is 0.0833. The first kappa shape index (κ1) is 12.5. The van der Waals surface area contributed by atoms with Gasteiger partial charge in [-0.3, -0.25) is 4.98 Å². The predicted molar refractivity (Wildman–Crippen MR) is 69.1 cm³/mol. The van der Waals surface area contributed by atoms with E-state index in [1.54, 1.807) is 0 Å². The number of hydrogen-bond donors (Lipinski definition) is 2. The Hall–Kier alpha value is -1.92. The van der Waals surface area contributed by atoms with E-state index in [9.17, 15) is 8.42 Å². The van der Waals surface area contributed by atoms with Gasteiger partial charge < -0.3 is 5.73 Å². The average Bonchev–Trinajstić information content (AvgIpc) is 2.38. The molecule has 2 aromatic rings. The van der Waals surface area contributed by atoms with E-state index in [-0.39, 0.29) is 11.4 Å². The van der Waals surface area contributed by atoms with Crippen LogP contribution in [0.1, 0.15) is 5.56 Å². The van der Waals surface area contributed by atoms with Crippen LogP contribution in [0.3, 0.4) is 0 Å². The van der Waals surface area contributed by atoms with E-state index in [1.165, 1.54) is 18.5 Å². The third-order valence-corrected chi connectivity index (χ3v) is 3.72. The Morgan fingerprint density at radius 3 is 2.56 bits per heavy atom. The molecule has 1 aromatic heterocycles. The first-order valence-corrected chi connectivity index (χ1v) is 6.80. The smallest absolute Gasteiger partial charge is 0.242 e. The lowest BCUT2D eigenvalue weighted by atomic mass is 10.2. The normalized spacial score (nSPS) is 11.3. The van der Waals surface area contributed by atoms with Gasteiger partial charge >= 0.3 is 0 Å². The number of nitrogens with two attached hydrogens (primary N) is 1. The second-order valence-electron chi connectivity index (χ2n) is 3.76. The number of nitrogens with zero attached hydrogens (tertiary/aromatic N) is 1. The molecule has 0 aliphatic heterocycles. The third-order valence-electron chi connectivity index (χ3n) is 2.35. The quantitative estimate of drug-likeness (QED) is 0.866. The standard InChI is InChI=1S/C12H13N3O2S/c13-11-6-12(9-14-8-11)18(16,17)15-7-10-4-2-1-3-5-10/h1-6,8-9,15H,7,13H2. The van der Waals surface area contributed by atoms with Crippen LogP contribution in [0.25, 0.3) is 0 Å². The Morgan fingerprint density at radius 1 is 1.17 bits per heavy atom. The van der Waals surface area contributed by atoms with Crippen molar-refractivity contribution in [3.63, 3.8) is 0 Å². The minimum atomic E-state index is -3.57. The van der Waals surface area contributed by atoms with Crippen molar-refractivity contribution in [2.45, 2.75) is 11.4 Å². The molecular weight excluding hydrogens is 250 g/mol. The lowest BCUT2D eigenvalue weighted by molar-refractivity contribution is 0.581. The molecule has 1 heterocycles. The van der Waals surface area contributed by atoms with Crippen LogP contribution in [0, 0.1) is 0 Å². The van der Waals surface area contributed by atoms with Crippen molar-refractivity contribution >= 4 is 15.7 Å². The van der Waals surface area contributed by atoms with Gasteiger partial charge in [0, 0.05) is 18.9 Å². The van der Waals surface area contributed by atoms with E-state index >= 15 is 0 Å². The molecule has 5 nitrogen and oxygen atoms in total. The van der Waals surface area contributed by atoms with Gasteiger partial charge in [-0.05, 0) is 11.6 Å². The molecule has 94 valence electrons. The summed E-state index contributed by atoms with van der Waals surface area (Å²) in [6.07, 6.45) is 2.67. The predicted octanol–water partition coefficient (Wildman–Crippen LogP) is 1.14. The fourth-order valence-corrected chi connectivity index (χ4v) is 2.45. The van der Waals surface area contributed by atoms with Crippen molar-refractivity contribution in [1.82, 2.24) is 9.71 Å². The van der Waals surface area contributed by atoms with E-state index in [2.05, 4.69) is 9.71 Å². The summed E-state index contributed by atoms with van der Waals surface area (Å²) in [7, 11) is -3.57. The van der Waals surface area contributed by atoms with Crippen molar-refractivity contribution in [2.24, 2.45) is 0 Å². The topological polar surface area (TPSA) is 85.1 Å². The van der Waals surface area contributed by atoms with Crippen molar-refractivity contribution in [3.8, 4) is 0 Å². The van der Waals surface area contributed by atoms with Crippen LogP contribution in [-0.2, 0) is 16.6 Å². The monoisotopic (exact) mass is 263 g/mol. The van der Waals surface area contributed by atoms with Gasteiger partial charge in [0.05, 0.1) is 5.69 Å². The molecule has 2 rings (SSSR count). The summed E-state index contributed by atoms with van der Waals surface area (Å²) in [5.74, 6) is 0. The number of rotatable bonds is 4. The summed E-state index contributed by atoms with van der Waals surface area (Å²) >= 11 is 0. The van der Waals surface area contributed by atoms with Crippen LogP contribution in [-0.4, -0.2) is 13.4 Å². The van der Waals surface area contributed by atoms with Crippen molar-refractivity contribution < 1.29 is 8.42 Å². The van der Waals surface area contributed by atoms with Gasteiger partial charge in [0.1, 0.15) is 4.90 Å². The molecule has 0 spiro atoms. The average molecular weight is 263 g/mol. The third kappa shape index (κ3) is 3.06. The molecule has 0 unspecified atom stereocenters. The molecule has 3 N–H and O–H groups in total. The van der Waals surface area contributed by atoms with Gasteiger partial charge in [0.25, 0.3) is 0 Å². The summed E-state index contributed by atoms with van der Waals surface area (Å²) in [5.41, 5.74) is 6.71. The lowest BCUT2D eigenvalue weighted by Gasteiger charge is -2.06. The zero-order valence-electron chi connectivity index (χ0n) is 9.58. The number of hydrogen-bond acceptors (Lipinski definition) is 4. The molecule has 0 aliphatic carbocycles. The van der Waals surface area contributed by atoms with Gasteiger partial charge in [0.15, 0.2) is 0 Å². The van der Waals surface area contributed by atoms with Crippen molar-refractivity contribution in [1.29, 1.82) is 0 Å². The molecule has 1 aromatic carbocycles. The minimum Gasteiger partial charge on any atom is -0.397 e. The molecule has 0 atom stereocenters. The summed E-state index contributed by atoms with van der Waals surface area (Å²) in [6.45, 7) is 0.234. The van der Waals surface area contributed by atoms with Crippen LogP contribution >= 0.6 is 0 Å². The van der Waals surface area contributed by atoms with Gasteiger partial charge in [-0.25, -0.2) is 13.1 Å². The number of pyridine rings is 1. The maximum Gasteiger partial charge on any atom is 0.242 e. The van der Waals surface area contributed by atoms with E-state index in [0.29, 0.717) is 5.69 Å². The van der Waals surface area contributed by atoms with E-state index in [0.717, 1.165) is 5.56 Å². The summed E-state index contributed by atoms with van der Waals surface area (Å²) in [6, 6.07) is 10.7. The molecule has 0 saturated carbocycles. The van der Waals surface area contributed by atoms with E-state index in [4.69, 9.17) is 5.73 Å². The molecule has 18 heavy (non-hydrogen) atoms. The molecule has 0 amide bonds. The highest BCUT2D eigenvalue weighted by Crippen LogP contribution is 2.11. The highest BCUT2D eigenvalue weighted by atomic mass is 32.2. The highest BCUT2D eigenvalue weighted by Gasteiger charge is 2.14. The van der Waals surface area contributed by atoms with Crippen molar-refractivity contribution in [2.75, 3.05) is 5.73 Å². The van der Waals surface area contributed by atoms with Crippen LogP contribution in [0.15, 0.2) is 53.7 Å². The second-order valence-corrected chi connectivity index (χ2v) is 5.53. The Morgan fingerprint density at radius 2 is 1.89 bits per heavy atom. The lowest BCUT2D eigenvalue weighted by Crippen LogP contribution is -2.23. The number of aromatic nitrogens is 1. The maximum atomic E-state index is 12.0. The van der Waals surface area contributed by atoms with Gasteiger partial charge in [-0.2, -0.15) is 0 Å². The highest BCUT2D eigenvalue weighted by molar-refractivity contribution is 7.89. The summed E-state index contributed by atoms with van der Waals surface area (Å²) in [4.78, 5) is 3.83. The van der Waals surface area contributed by atoms with E-state index in [1.807, 2.05) is 30.3 Å². The Kier molecular flexibility index (Phi) is 3.59. The Balaban J connectivity index is 2.13. The van der Waals surface area contributed by atoms with Gasteiger partial charge in [-0.1, -0.05) is 30.3 Å². The largest absolute Gasteiger partial charge is 0.397 e. The molecular formula is C12H13N3O2S. The molecule has 0 fully saturated rings. The second kappa shape index (κ2) is 5.16. The van der Waals surface area contributed by atoms with Gasteiger partial charge in [0.2, 0.25) is 10.0 Å². The molecule has 6 heteroatoms. The molecule has 0 saturated heterocycles.